The van der Waals surface area contributed by atoms with Crippen LogP contribution in [0, 0.1) is 13.8 Å². The first-order chi connectivity index (χ1) is 14.0. The second-order valence-electron chi connectivity index (χ2n) is 7.03. The smallest absolute Gasteiger partial charge is 0.258 e. The van der Waals surface area contributed by atoms with E-state index in [0.717, 1.165) is 21.7 Å². The highest BCUT2D eigenvalue weighted by Crippen LogP contribution is 2.38. The first-order valence-electron chi connectivity index (χ1n) is 9.34. The van der Waals surface area contributed by atoms with Crippen molar-refractivity contribution in [2.24, 2.45) is 0 Å². The molecule has 0 radical (unpaired) electrons. The molecule has 3 heterocycles. The number of aromatic nitrogens is 2. The zero-order chi connectivity index (χ0) is 20.5. The third kappa shape index (κ3) is 3.63. The number of hydrogen-bond donors (Lipinski definition) is 1. The summed E-state index contributed by atoms with van der Waals surface area (Å²) in [5, 5.41) is 10.3. The number of hydrogen-bond acceptors (Lipinski definition) is 5. The molecule has 0 fully saturated rings. The highest BCUT2D eigenvalue weighted by Gasteiger charge is 2.33. The van der Waals surface area contributed by atoms with Crippen LogP contribution in [0.25, 0.3) is 16.3 Å². The molecule has 7 heteroatoms. The van der Waals surface area contributed by atoms with Crippen LogP contribution in [0.4, 0.5) is 0 Å². The molecule has 1 unspecified atom stereocenters. The Morgan fingerprint density at radius 3 is 2.79 bits per heavy atom. The van der Waals surface area contributed by atoms with Crippen LogP contribution in [0.2, 0.25) is 0 Å². The molecule has 1 aliphatic heterocycles. The minimum absolute atomic E-state index is 0.167. The average Bonchev–Trinajstić information content (AvgIpc) is 3.38. The molecule has 0 spiro atoms. The van der Waals surface area contributed by atoms with Crippen molar-refractivity contribution in [3.8, 4) is 10.7 Å². The van der Waals surface area contributed by atoms with E-state index in [2.05, 4.69) is 49.1 Å². The number of nitrogens with zero attached hydrogens (tertiary/aromatic N) is 3. The lowest BCUT2D eigenvalue weighted by molar-refractivity contribution is 0.399. The highest BCUT2D eigenvalue weighted by atomic mass is 32.1. The minimum Gasteiger partial charge on any atom is -0.351 e. The summed E-state index contributed by atoms with van der Waals surface area (Å²) in [6.45, 7) is 10.7. The van der Waals surface area contributed by atoms with Crippen LogP contribution in [-0.2, 0) is 0 Å². The van der Waals surface area contributed by atoms with Crippen molar-refractivity contribution >= 4 is 34.2 Å². The largest absolute Gasteiger partial charge is 0.351 e. The Balaban J connectivity index is 1.84. The van der Waals surface area contributed by atoms with Gasteiger partial charge < -0.3 is 14.7 Å². The van der Waals surface area contributed by atoms with Gasteiger partial charge in [-0.2, -0.15) is 4.98 Å². The fourth-order valence-corrected chi connectivity index (χ4v) is 4.42. The van der Waals surface area contributed by atoms with Crippen molar-refractivity contribution in [2.75, 3.05) is 6.54 Å². The van der Waals surface area contributed by atoms with Gasteiger partial charge in [-0.1, -0.05) is 35.5 Å². The fraction of sp³-hybridized carbons (Fsp3) is 0.227. The van der Waals surface area contributed by atoms with Crippen LogP contribution in [0.3, 0.4) is 0 Å². The maximum atomic E-state index is 5.72. The second-order valence-corrected chi connectivity index (χ2v) is 8.36. The van der Waals surface area contributed by atoms with Crippen molar-refractivity contribution in [2.45, 2.75) is 26.8 Å². The molecule has 4 rings (SSSR count). The Hall–Kier alpha value is -2.77. The van der Waals surface area contributed by atoms with Gasteiger partial charge >= 0.3 is 0 Å². The zero-order valence-electron chi connectivity index (χ0n) is 16.6. The molecule has 5 nitrogen and oxygen atoms in total. The van der Waals surface area contributed by atoms with E-state index in [-0.39, 0.29) is 6.04 Å². The van der Waals surface area contributed by atoms with Crippen LogP contribution in [0.15, 0.2) is 58.6 Å². The first-order valence-corrected chi connectivity index (χ1v) is 10.6. The normalized spacial score (nSPS) is 16.9. The quantitative estimate of drug-likeness (QED) is 0.447. The average molecular weight is 423 g/mol. The Morgan fingerprint density at radius 2 is 2.10 bits per heavy atom. The number of thiophene rings is 1. The van der Waals surface area contributed by atoms with E-state index < -0.39 is 0 Å². The molecule has 1 atom stereocenters. The molecule has 1 N–H and O–H groups in total. The molecule has 3 aromatic rings. The molecule has 2 aromatic heterocycles. The summed E-state index contributed by atoms with van der Waals surface area (Å²) >= 11 is 7.23. The van der Waals surface area contributed by atoms with E-state index in [9.17, 15) is 0 Å². The summed E-state index contributed by atoms with van der Waals surface area (Å²) in [4.78, 5) is 7.68. The van der Waals surface area contributed by atoms with Crippen molar-refractivity contribution in [3.05, 3.63) is 76.6 Å². The summed E-state index contributed by atoms with van der Waals surface area (Å²) in [6, 6.07) is 10.2. The lowest BCUT2D eigenvalue weighted by Gasteiger charge is -2.37. The molecular formula is C22H22N4OS2. The minimum atomic E-state index is -0.167. The van der Waals surface area contributed by atoms with Gasteiger partial charge in [-0.25, -0.2) is 0 Å². The molecule has 0 saturated carbocycles. The lowest BCUT2D eigenvalue weighted by atomic mass is 9.92. The summed E-state index contributed by atoms with van der Waals surface area (Å²) in [5.41, 5.74) is 5.50. The molecule has 29 heavy (non-hydrogen) atoms. The van der Waals surface area contributed by atoms with Crippen LogP contribution in [0.5, 0.6) is 0 Å². The first kappa shape index (κ1) is 19.5. The van der Waals surface area contributed by atoms with Gasteiger partial charge in [0.1, 0.15) is 0 Å². The number of rotatable bonds is 5. The molecule has 0 aliphatic carbocycles. The topological polar surface area (TPSA) is 54.2 Å². The summed E-state index contributed by atoms with van der Waals surface area (Å²) in [7, 11) is 0. The number of nitrogens with one attached hydrogen (secondary N) is 1. The third-order valence-electron chi connectivity index (χ3n) is 5.17. The van der Waals surface area contributed by atoms with Crippen LogP contribution < -0.4 is 5.32 Å². The molecule has 0 saturated heterocycles. The van der Waals surface area contributed by atoms with E-state index in [0.29, 0.717) is 23.4 Å². The predicted octanol–water partition coefficient (Wildman–Crippen LogP) is 5.26. The zero-order valence-corrected chi connectivity index (χ0v) is 18.2. The van der Waals surface area contributed by atoms with Crippen molar-refractivity contribution in [1.82, 2.24) is 20.4 Å². The molecular weight excluding hydrogens is 400 g/mol. The van der Waals surface area contributed by atoms with Gasteiger partial charge in [-0.05, 0) is 61.1 Å². The Labute approximate surface area is 179 Å². The van der Waals surface area contributed by atoms with Gasteiger partial charge in [0.15, 0.2) is 5.11 Å². The standard InChI is InChI=1S/C22H22N4OS2/c1-5-10-26-15(4)18(21-24-20(25-27-21)17-7-6-11-29-17)19(23-22(26)28)16-9-8-13(2)14(3)12-16/h5-9,11-12,19H,1,10H2,2-4H3,(H,23,28). The van der Waals surface area contributed by atoms with Crippen LogP contribution >= 0.6 is 23.6 Å². The Bertz CT molecular complexity index is 1100. The summed E-state index contributed by atoms with van der Waals surface area (Å²) < 4.78 is 5.72. The second kappa shape index (κ2) is 7.93. The monoisotopic (exact) mass is 422 g/mol. The molecule has 1 aromatic carbocycles. The van der Waals surface area contributed by atoms with E-state index in [4.69, 9.17) is 21.7 Å². The van der Waals surface area contributed by atoms with Crippen molar-refractivity contribution in [1.29, 1.82) is 0 Å². The molecule has 148 valence electrons. The SMILES string of the molecule is C=CCN1C(=S)NC(c2ccc(C)c(C)c2)C(c2nc(-c3cccs3)no2)=C1C. The summed E-state index contributed by atoms with van der Waals surface area (Å²) in [6.07, 6.45) is 1.83. The van der Waals surface area contributed by atoms with E-state index in [1.54, 1.807) is 11.3 Å². The van der Waals surface area contributed by atoms with Crippen molar-refractivity contribution < 1.29 is 4.52 Å². The van der Waals surface area contributed by atoms with Gasteiger partial charge in [-0.3, -0.25) is 0 Å². The third-order valence-corrected chi connectivity index (χ3v) is 6.37. The lowest BCUT2D eigenvalue weighted by Crippen LogP contribution is -2.45. The maximum Gasteiger partial charge on any atom is 0.258 e. The highest BCUT2D eigenvalue weighted by molar-refractivity contribution is 7.80. The van der Waals surface area contributed by atoms with Crippen molar-refractivity contribution in [3.63, 3.8) is 0 Å². The van der Waals surface area contributed by atoms with Gasteiger partial charge in [0, 0.05) is 12.2 Å². The maximum absolute atomic E-state index is 5.72. The molecule has 0 bridgehead atoms. The van der Waals surface area contributed by atoms with Crippen LogP contribution in [0.1, 0.15) is 35.5 Å². The van der Waals surface area contributed by atoms with Crippen LogP contribution in [-0.4, -0.2) is 26.7 Å². The number of aryl methyl sites for hydroxylation is 2. The van der Waals surface area contributed by atoms with Gasteiger partial charge in [-0.15, -0.1) is 17.9 Å². The van der Waals surface area contributed by atoms with Gasteiger partial charge in [0.2, 0.25) is 5.82 Å². The summed E-state index contributed by atoms with van der Waals surface area (Å²) in [5.74, 6) is 1.09. The molecule has 1 aliphatic rings. The van der Waals surface area contributed by atoms with E-state index in [1.807, 2.05) is 35.4 Å². The van der Waals surface area contributed by atoms with E-state index >= 15 is 0 Å². The predicted molar refractivity (Wildman–Crippen MR) is 121 cm³/mol. The number of thiocarbonyl (C=S) groups is 1. The fourth-order valence-electron chi connectivity index (χ4n) is 3.44. The number of benzene rings is 1. The molecule has 0 amide bonds. The Kier molecular flexibility index (Phi) is 5.34. The Morgan fingerprint density at radius 1 is 1.28 bits per heavy atom. The van der Waals surface area contributed by atoms with Gasteiger partial charge in [0.25, 0.3) is 5.89 Å². The van der Waals surface area contributed by atoms with E-state index in [1.165, 1.54) is 11.1 Å². The number of allylic oxidation sites excluding steroid dienone is 1. The van der Waals surface area contributed by atoms with Gasteiger partial charge in [0.05, 0.1) is 16.5 Å².